The molecule has 0 saturated carbocycles. The summed E-state index contributed by atoms with van der Waals surface area (Å²) in [5.74, 6) is -0.440. The van der Waals surface area contributed by atoms with E-state index in [9.17, 15) is 13.7 Å². The van der Waals surface area contributed by atoms with Gasteiger partial charge in [-0.2, -0.15) is 5.26 Å². The highest BCUT2D eigenvalue weighted by molar-refractivity contribution is 7.89. The van der Waals surface area contributed by atoms with E-state index in [-0.39, 0.29) is 22.0 Å². The zero-order valence-corrected chi connectivity index (χ0v) is 17.6. The van der Waals surface area contributed by atoms with Crippen molar-refractivity contribution in [3.8, 4) is 28.3 Å². The van der Waals surface area contributed by atoms with Gasteiger partial charge in [0.05, 0.1) is 4.90 Å². The molecule has 3 aromatic rings. The molecule has 2 aromatic carbocycles. The third-order valence-corrected chi connectivity index (χ3v) is 6.03. The van der Waals surface area contributed by atoms with E-state index in [1.54, 1.807) is 45.0 Å². The van der Waals surface area contributed by atoms with Crippen molar-refractivity contribution in [2.45, 2.75) is 31.2 Å². The number of nitrogens with two attached hydrogens (primary N) is 1. The molecule has 3 rings (SSSR count). The normalized spacial score (nSPS) is 11.8. The van der Waals surface area contributed by atoms with Gasteiger partial charge in [-0.3, -0.25) is 0 Å². The Morgan fingerprint density at radius 1 is 1.03 bits per heavy atom. The van der Waals surface area contributed by atoms with Crippen molar-refractivity contribution in [2.24, 2.45) is 0 Å². The lowest BCUT2D eigenvalue weighted by atomic mass is 9.99. The molecule has 3 N–H and O–H groups in total. The van der Waals surface area contributed by atoms with Crippen LogP contribution in [0.5, 0.6) is 0 Å². The average Bonchev–Trinajstić information content (AvgIpc) is 2.66. The summed E-state index contributed by atoms with van der Waals surface area (Å²) in [7, 11) is -3.83. The van der Waals surface area contributed by atoms with Gasteiger partial charge in [0.1, 0.15) is 17.7 Å². The number of benzene rings is 2. The molecule has 154 valence electrons. The highest BCUT2D eigenvalue weighted by atomic mass is 32.2. The number of aromatic nitrogens is 1. The SMILES string of the molecule is CC(C)(C)NS(=O)(=O)c1ccccc1-c1ccc(-c2ccc(N)nc2C#N)c(F)c1. The largest absolute Gasteiger partial charge is 0.384 e. The van der Waals surface area contributed by atoms with E-state index in [0.29, 0.717) is 16.7 Å². The third-order valence-electron chi connectivity index (χ3n) is 4.21. The second kappa shape index (κ2) is 7.86. The number of pyridine rings is 1. The number of anilines is 1. The van der Waals surface area contributed by atoms with Gasteiger partial charge in [-0.1, -0.05) is 30.3 Å². The number of rotatable bonds is 4. The van der Waals surface area contributed by atoms with Crippen LogP contribution in [-0.4, -0.2) is 18.9 Å². The summed E-state index contributed by atoms with van der Waals surface area (Å²) < 4.78 is 43.4. The summed E-state index contributed by atoms with van der Waals surface area (Å²) in [6, 6.07) is 15.7. The van der Waals surface area contributed by atoms with Crippen LogP contribution >= 0.6 is 0 Å². The van der Waals surface area contributed by atoms with E-state index in [0.717, 1.165) is 0 Å². The van der Waals surface area contributed by atoms with E-state index in [1.807, 2.05) is 6.07 Å². The Morgan fingerprint density at radius 3 is 2.33 bits per heavy atom. The van der Waals surface area contributed by atoms with Crippen molar-refractivity contribution in [3.05, 3.63) is 66.1 Å². The number of nitrogen functional groups attached to an aromatic ring is 1. The van der Waals surface area contributed by atoms with Gasteiger partial charge in [-0.25, -0.2) is 22.5 Å². The van der Waals surface area contributed by atoms with Gasteiger partial charge in [0, 0.05) is 22.2 Å². The van der Waals surface area contributed by atoms with Crippen molar-refractivity contribution >= 4 is 15.8 Å². The molecule has 0 amide bonds. The average molecular weight is 425 g/mol. The smallest absolute Gasteiger partial charge is 0.241 e. The highest BCUT2D eigenvalue weighted by Crippen LogP contribution is 2.33. The Balaban J connectivity index is 2.11. The number of nitrogens with zero attached hydrogens (tertiary/aromatic N) is 2. The molecule has 0 aliphatic carbocycles. The van der Waals surface area contributed by atoms with Crippen LogP contribution in [0.4, 0.5) is 10.2 Å². The van der Waals surface area contributed by atoms with Crippen LogP contribution in [0, 0.1) is 17.1 Å². The molecule has 0 aliphatic heterocycles. The van der Waals surface area contributed by atoms with Crippen molar-refractivity contribution in [2.75, 3.05) is 5.73 Å². The fourth-order valence-corrected chi connectivity index (χ4v) is 4.72. The summed E-state index contributed by atoms with van der Waals surface area (Å²) in [6.07, 6.45) is 0. The Labute approximate surface area is 175 Å². The van der Waals surface area contributed by atoms with Gasteiger partial charge in [0.25, 0.3) is 0 Å². The number of hydrogen-bond acceptors (Lipinski definition) is 5. The molecule has 1 aromatic heterocycles. The summed E-state index contributed by atoms with van der Waals surface area (Å²) >= 11 is 0. The minimum absolute atomic E-state index is 0.0130. The molecule has 1 heterocycles. The minimum atomic E-state index is -3.83. The van der Waals surface area contributed by atoms with Crippen molar-refractivity contribution in [3.63, 3.8) is 0 Å². The van der Waals surface area contributed by atoms with Gasteiger partial charge in [-0.15, -0.1) is 0 Å². The Bertz CT molecular complexity index is 1260. The number of halogens is 1. The highest BCUT2D eigenvalue weighted by Gasteiger charge is 2.25. The number of hydrogen-bond donors (Lipinski definition) is 2. The Hall–Kier alpha value is -3.28. The van der Waals surface area contributed by atoms with E-state index in [4.69, 9.17) is 5.73 Å². The van der Waals surface area contributed by atoms with Gasteiger partial charge >= 0.3 is 0 Å². The van der Waals surface area contributed by atoms with Crippen LogP contribution in [0.25, 0.3) is 22.3 Å². The molecule has 0 bridgehead atoms. The van der Waals surface area contributed by atoms with E-state index in [1.165, 1.54) is 30.3 Å². The first-order valence-electron chi connectivity index (χ1n) is 9.12. The second-order valence-electron chi connectivity index (χ2n) is 7.79. The minimum Gasteiger partial charge on any atom is -0.384 e. The fourth-order valence-electron chi connectivity index (χ4n) is 3.08. The van der Waals surface area contributed by atoms with Gasteiger partial charge in [0.15, 0.2) is 5.69 Å². The predicted octanol–water partition coefficient (Wildman–Crippen LogP) is 4.09. The third kappa shape index (κ3) is 4.48. The summed E-state index contributed by atoms with van der Waals surface area (Å²) in [5, 5.41) is 9.28. The molecule has 0 atom stereocenters. The van der Waals surface area contributed by atoms with Crippen LogP contribution in [0.1, 0.15) is 26.5 Å². The molecule has 0 unspecified atom stereocenters. The first-order valence-corrected chi connectivity index (χ1v) is 10.6. The number of nitrogens with one attached hydrogen (secondary N) is 1. The van der Waals surface area contributed by atoms with Crippen LogP contribution < -0.4 is 10.5 Å². The molecule has 8 heteroatoms. The monoisotopic (exact) mass is 424 g/mol. The van der Waals surface area contributed by atoms with Gasteiger partial charge in [-0.05, 0) is 50.6 Å². The van der Waals surface area contributed by atoms with Crippen molar-refractivity contribution in [1.29, 1.82) is 5.26 Å². The van der Waals surface area contributed by atoms with E-state index < -0.39 is 21.4 Å². The topological polar surface area (TPSA) is 109 Å². The molecular weight excluding hydrogens is 403 g/mol. The Morgan fingerprint density at radius 2 is 1.70 bits per heavy atom. The predicted molar refractivity (Wildman–Crippen MR) is 114 cm³/mol. The lowest BCUT2D eigenvalue weighted by Gasteiger charge is -2.21. The number of sulfonamides is 1. The van der Waals surface area contributed by atoms with E-state index >= 15 is 4.39 Å². The lowest BCUT2D eigenvalue weighted by Crippen LogP contribution is -2.40. The maximum absolute atomic E-state index is 15.0. The number of nitriles is 1. The van der Waals surface area contributed by atoms with Crippen LogP contribution in [-0.2, 0) is 10.0 Å². The second-order valence-corrected chi connectivity index (χ2v) is 9.44. The maximum atomic E-state index is 15.0. The molecule has 0 spiro atoms. The molecule has 0 aliphatic rings. The summed E-state index contributed by atoms with van der Waals surface area (Å²) in [4.78, 5) is 3.99. The standard InChI is InChI=1S/C22H21FN4O2S/c1-22(2,3)27-30(28,29)20-7-5-4-6-15(20)14-8-9-16(18(23)12-14)17-10-11-21(25)26-19(17)13-24/h4-12,27H,1-3H3,(H2,25,26). The molecule has 0 fully saturated rings. The Kier molecular flexibility index (Phi) is 5.61. The van der Waals surface area contributed by atoms with Crippen molar-refractivity contribution in [1.82, 2.24) is 9.71 Å². The maximum Gasteiger partial charge on any atom is 0.241 e. The van der Waals surface area contributed by atoms with Crippen LogP contribution in [0.2, 0.25) is 0 Å². The zero-order chi connectivity index (χ0) is 22.1. The first-order chi connectivity index (χ1) is 14.0. The first kappa shape index (κ1) is 21.4. The quantitative estimate of drug-likeness (QED) is 0.656. The van der Waals surface area contributed by atoms with Crippen LogP contribution in [0.15, 0.2) is 59.5 Å². The lowest BCUT2D eigenvalue weighted by molar-refractivity contribution is 0.491. The molecule has 30 heavy (non-hydrogen) atoms. The van der Waals surface area contributed by atoms with E-state index in [2.05, 4.69) is 9.71 Å². The molecule has 0 radical (unpaired) electrons. The molecule has 6 nitrogen and oxygen atoms in total. The fraction of sp³-hybridized carbons (Fsp3) is 0.182. The molecular formula is C22H21FN4O2S. The van der Waals surface area contributed by atoms with Crippen LogP contribution in [0.3, 0.4) is 0 Å². The summed E-state index contributed by atoms with van der Waals surface area (Å²) in [5.41, 5.74) is 6.20. The van der Waals surface area contributed by atoms with Crippen molar-refractivity contribution < 1.29 is 12.8 Å². The zero-order valence-electron chi connectivity index (χ0n) is 16.8. The molecule has 0 saturated heterocycles. The summed E-state index contributed by atoms with van der Waals surface area (Å²) in [6.45, 7) is 5.24. The van der Waals surface area contributed by atoms with Gasteiger partial charge in [0.2, 0.25) is 10.0 Å². The van der Waals surface area contributed by atoms with Gasteiger partial charge < -0.3 is 5.73 Å².